The van der Waals surface area contributed by atoms with Crippen LogP contribution in [0.15, 0.2) is 73.4 Å². The highest BCUT2D eigenvalue weighted by Crippen LogP contribution is 2.03. The summed E-state index contributed by atoms with van der Waals surface area (Å²) in [6, 6.07) is 14.8. The number of hydrogen-bond donors (Lipinski definition) is 5. The highest BCUT2D eigenvalue weighted by atomic mass is 16.5. The number of nitrogens with one attached hydrogen (secondary N) is 4. The Morgan fingerprint density at radius 2 is 1.50 bits per heavy atom. The predicted octanol–water partition coefficient (Wildman–Crippen LogP) is 3.78. The molecule has 1 aliphatic rings. The molecule has 1 fully saturated rings. The second-order valence-electron chi connectivity index (χ2n) is 9.97. The smallest absolute Gasteiger partial charge is 0.0615 e. The summed E-state index contributed by atoms with van der Waals surface area (Å²) in [5, 5.41) is 12.5. The molecule has 0 aromatic carbocycles. The van der Waals surface area contributed by atoms with Crippen LogP contribution in [0.3, 0.4) is 0 Å². The third kappa shape index (κ3) is 25.2. The van der Waals surface area contributed by atoms with Crippen LogP contribution in [0.2, 0.25) is 0 Å². The lowest BCUT2D eigenvalue weighted by Crippen LogP contribution is -2.25. The third-order valence-electron chi connectivity index (χ3n) is 6.18. The first kappa shape index (κ1) is 39.5. The lowest BCUT2D eigenvalue weighted by atomic mass is 10.2. The van der Waals surface area contributed by atoms with Crippen molar-refractivity contribution in [3.05, 3.63) is 79.1 Å². The fourth-order valence-corrected chi connectivity index (χ4v) is 3.90. The molecular formula is C33H62N8O. The Morgan fingerprint density at radius 1 is 0.881 bits per heavy atom. The molecular weight excluding hydrogens is 524 g/mol. The van der Waals surface area contributed by atoms with Crippen LogP contribution < -0.4 is 27.0 Å². The van der Waals surface area contributed by atoms with E-state index in [1.165, 1.54) is 32.2 Å². The summed E-state index contributed by atoms with van der Waals surface area (Å²) in [7, 11) is 7.64. The number of nitrogens with zero attached hydrogens (tertiary/aromatic N) is 3. The van der Waals surface area contributed by atoms with Gasteiger partial charge < -0.3 is 40.9 Å². The number of pyridine rings is 1. The molecule has 1 saturated heterocycles. The van der Waals surface area contributed by atoms with E-state index in [-0.39, 0.29) is 0 Å². The van der Waals surface area contributed by atoms with Gasteiger partial charge in [-0.3, -0.25) is 4.98 Å². The Labute approximate surface area is 257 Å². The van der Waals surface area contributed by atoms with Crippen LogP contribution in [0.25, 0.3) is 0 Å². The monoisotopic (exact) mass is 587 g/mol. The zero-order chi connectivity index (χ0) is 30.9. The van der Waals surface area contributed by atoms with Gasteiger partial charge in [0.05, 0.1) is 6.61 Å². The first-order valence-electron chi connectivity index (χ1n) is 15.6. The molecule has 42 heavy (non-hydrogen) atoms. The van der Waals surface area contributed by atoms with Crippen LogP contribution in [0.5, 0.6) is 0 Å². The first-order valence-corrected chi connectivity index (χ1v) is 15.6. The zero-order valence-electron chi connectivity index (χ0n) is 27.2. The van der Waals surface area contributed by atoms with E-state index in [1.54, 1.807) is 7.11 Å². The van der Waals surface area contributed by atoms with Crippen molar-refractivity contribution >= 4 is 0 Å². The van der Waals surface area contributed by atoms with E-state index in [2.05, 4.69) is 79.2 Å². The summed E-state index contributed by atoms with van der Waals surface area (Å²) in [6.45, 7) is 10.4. The summed E-state index contributed by atoms with van der Waals surface area (Å²) < 4.78 is 9.29. The van der Waals surface area contributed by atoms with Gasteiger partial charge in [-0.25, -0.2) is 0 Å². The van der Waals surface area contributed by atoms with E-state index < -0.39 is 0 Å². The summed E-state index contributed by atoms with van der Waals surface area (Å²) in [5.74, 6) is 0. The van der Waals surface area contributed by atoms with Gasteiger partial charge in [-0.05, 0) is 116 Å². The van der Waals surface area contributed by atoms with Gasteiger partial charge in [0.1, 0.15) is 0 Å². The molecule has 0 spiro atoms. The Morgan fingerprint density at radius 3 is 1.93 bits per heavy atom. The lowest BCUT2D eigenvalue weighted by Gasteiger charge is -2.05. The maximum absolute atomic E-state index is 5.33. The number of rotatable bonds is 14. The van der Waals surface area contributed by atoms with Crippen molar-refractivity contribution in [2.45, 2.75) is 64.6 Å². The van der Waals surface area contributed by atoms with Crippen LogP contribution in [0.1, 0.15) is 44.7 Å². The highest BCUT2D eigenvalue weighted by Gasteiger charge is 2.12. The molecule has 0 amide bonds. The molecule has 4 heterocycles. The average Bonchev–Trinajstić information content (AvgIpc) is 3.83. The van der Waals surface area contributed by atoms with Gasteiger partial charge in [0.25, 0.3) is 0 Å². The van der Waals surface area contributed by atoms with Crippen LogP contribution in [0.4, 0.5) is 0 Å². The largest absolute Gasteiger partial charge is 0.383 e. The molecule has 0 unspecified atom stereocenters. The summed E-state index contributed by atoms with van der Waals surface area (Å²) in [4.78, 5) is 4.18. The molecule has 0 saturated carbocycles. The Balaban J connectivity index is 0.000000509. The second-order valence-corrected chi connectivity index (χ2v) is 9.97. The maximum atomic E-state index is 5.33. The molecule has 9 heteroatoms. The quantitative estimate of drug-likeness (QED) is 0.183. The topological polar surface area (TPSA) is 106 Å². The Hall–Kier alpha value is -2.53. The van der Waals surface area contributed by atoms with Crippen molar-refractivity contribution in [2.75, 3.05) is 67.6 Å². The average molecular weight is 587 g/mol. The summed E-state index contributed by atoms with van der Waals surface area (Å²) in [6.07, 6.45) is 17.2. The van der Waals surface area contributed by atoms with Gasteiger partial charge in [0.15, 0.2) is 0 Å². The predicted molar refractivity (Wildman–Crippen MR) is 180 cm³/mol. The number of nitrogens with two attached hydrogens (primary N) is 1. The second kappa shape index (κ2) is 31.4. The van der Waals surface area contributed by atoms with Gasteiger partial charge in [-0.2, -0.15) is 0 Å². The fourth-order valence-electron chi connectivity index (χ4n) is 3.90. The maximum Gasteiger partial charge on any atom is 0.0615 e. The standard InChI is InChI=1S/C8H14N2.C8H12N2.C7H12N2.C6H13NO.C4H11N/c1-9-5-4-8-10-6-2-3-7-10;1-9-7-5-8-4-2-3-6-10-8;8-4-3-7-9-5-1-2-6-9;1-8-5-6-3-2-4-7-6;1-3-4-5-2/h2-3,6-7,9H,4-5,8H2,1H3;2-4,6,9H,5,7H2,1H3;1-2,5-6H,3-4,7-8H2;6-7H,2-5H2,1H3;5H,3-4H2,1-2H3/t;;;6-;/m...0./s1. The third-order valence-corrected chi connectivity index (χ3v) is 6.18. The van der Waals surface area contributed by atoms with E-state index in [4.69, 9.17) is 10.5 Å². The molecule has 1 atom stereocenters. The minimum atomic E-state index is 0.639. The van der Waals surface area contributed by atoms with E-state index in [1.807, 2.05) is 57.7 Å². The number of aromatic nitrogens is 3. The normalized spacial score (nSPS) is 13.3. The highest BCUT2D eigenvalue weighted by molar-refractivity contribution is 5.03. The minimum absolute atomic E-state index is 0.639. The van der Waals surface area contributed by atoms with Crippen LogP contribution in [0, 0.1) is 0 Å². The van der Waals surface area contributed by atoms with Crippen LogP contribution in [-0.4, -0.2) is 87.7 Å². The van der Waals surface area contributed by atoms with Gasteiger partial charge in [-0.15, -0.1) is 0 Å². The number of ether oxygens (including phenoxy) is 1. The molecule has 9 nitrogen and oxygen atoms in total. The van der Waals surface area contributed by atoms with Gasteiger partial charge in [0.2, 0.25) is 0 Å². The Kier molecular flexibility index (Phi) is 29.5. The van der Waals surface area contributed by atoms with Gasteiger partial charge in [0, 0.05) is 75.9 Å². The molecule has 240 valence electrons. The number of methoxy groups -OCH3 is 1. The molecule has 3 aromatic heterocycles. The molecule has 3 aromatic rings. The summed E-state index contributed by atoms with van der Waals surface area (Å²) >= 11 is 0. The number of hydrogen-bond acceptors (Lipinski definition) is 7. The van der Waals surface area contributed by atoms with Crippen molar-refractivity contribution in [3.8, 4) is 0 Å². The van der Waals surface area contributed by atoms with E-state index in [0.29, 0.717) is 6.04 Å². The minimum Gasteiger partial charge on any atom is -0.383 e. The van der Waals surface area contributed by atoms with Gasteiger partial charge >= 0.3 is 0 Å². The molecule has 0 aliphatic carbocycles. The molecule has 0 bridgehead atoms. The van der Waals surface area contributed by atoms with Gasteiger partial charge in [-0.1, -0.05) is 13.0 Å². The number of aryl methyl sites for hydroxylation is 2. The van der Waals surface area contributed by atoms with Crippen molar-refractivity contribution in [1.29, 1.82) is 0 Å². The van der Waals surface area contributed by atoms with Crippen molar-refractivity contribution in [2.24, 2.45) is 5.73 Å². The first-order chi connectivity index (χ1) is 20.6. The molecule has 0 radical (unpaired) electrons. The van der Waals surface area contributed by atoms with Crippen LogP contribution in [-0.2, 0) is 24.2 Å². The van der Waals surface area contributed by atoms with E-state index in [9.17, 15) is 0 Å². The van der Waals surface area contributed by atoms with Crippen LogP contribution >= 0.6 is 0 Å². The molecule has 6 N–H and O–H groups in total. The van der Waals surface area contributed by atoms with Crippen molar-refractivity contribution < 1.29 is 4.74 Å². The van der Waals surface area contributed by atoms with E-state index >= 15 is 0 Å². The summed E-state index contributed by atoms with van der Waals surface area (Å²) in [5.41, 5.74) is 6.48. The van der Waals surface area contributed by atoms with Crippen molar-refractivity contribution in [3.63, 3.8) is 0 Å². The SMILES string of the molecule is CCCNC.CNCCCn1cccc1.CNCCc1ccccn1.COC[C@@H]1CCCN1.NCCCn1cccc1. The molecule has 4 rings (SSSR count). The number of likely N-dealkylation sites (N-methyl/N-ethyl adjacent to an activating group) is 1. The zero-order valence-corrected chi connectivity index (χ0v) is 27.2. The lowest BCUT2D eigenvalue weighted by molar-refractivity contribution is 0.173. The Bertz CT molecular complexity index is 852. The molecule has 1 aliphatic heterocycles. The van der Waals surface area contributed by atoms with Crippen molar-refractivity contribution in [1.82, 2.24) is 35.4 Å². The van der Waals surface area contributed by atoms with E-state index in [0.717, 1.165) is 64.4 Å². The fraction of sp³-hybridized carbons (Fsp3) is 0.606.